The van der Waals surface area contributed by atoms with E-state index < -0.39 is 0 Å². The highest BCUT2D eigenvalue weighted by Gasteiger charge is 2.29. The molecule has 2 saturated heterocycles. The first-order valence-electron chi connectivity index (χ1n) is 11.7. The predicted octanol–water partition coefficient (Wildman–Crippen LogP) is 3.21. The molecule has 3 amide bonds. The summed E-state index contributed by atoms with van der Waals surface area (Å²) in [7, 11) is 0. The van der Waals surface area contributed by atoms with Crippen molar-refractivity contribution in [2.24, 2.45) is 0 Å². The van der Waals surface area contributed by atoms with Crippen LogP contribution in [0.5, 0.6) is 5.75 Å². The fraction of sp³-hybridized carbons (Fsp3) is 0.625. The smallest absolute Gasteiger partial charge is 0.409 e. The van der Waals surface area contributed by atoms with Crippen molar-refractivity contribution in [3.05, 3.63) is 29.8 Å². The fourth-order valence-corrected chi connectivity index (χ4v) is 4.52. The van der Waals surface area contributed by atoms with Gasteiger partial charge in [0, 0.05) is 36.8 Å². The Bertz CT molecular complexity index is 779. The molecule has 32 heavy (non-hydrogen) atoms. The summed E-state index contributed by atoms with van der Waals surface area (Å²) in [5, 5.41) is 3.03. The van der Waals surface area contributed by atoms with E-state index in [0.29, 0.717) is 43.9 Å². The van der Waals surface area contributed by atoms with Crippen LogP contribution >= 0.6 is 0 Å². The van der Waals surface area contributed by atoms with Gasteiger partial charge in [0.2, 0.25) is 0 Å². The van der Waals surface area contributed by atoms with Crippen LogP contribution in [0.2, 0.25) is 0 Å². The molecule has 1 aromatic carbocycles. The maximum atomic E-state index is 12.6. The number of amides is 3. The molecule has 0 aliphatic carbocycles. The molecule has 2 fully saturated rings. The molecule has 0 spiro atoms. The Kier molecular flexibility index (Phi) is 8.36. The van der Waals surface area contributed by atoms with Gasteiger partial charge in [-0.15, -0.1) is 0 Å². The van der Waals surface area contributed by atoms with Gasteiger partial charge in [0.25, 0.3) is 11.8 Å². The largest absolute Gasteiger partial charge is 0.484 e. The highest BCUT2D eigenvalue weighted by atomic mass is 16.6. The number of carbonyl (C=O) groups is 3. The number of benzene rings is 1. The first-order chi connectivity index (χ1) is 15.4. The number of carbonyl (C=O) groups excluding carboxylic acids is 3. The van der Waals surface area contributed by atoms with E-state index in [0.717, 1.165) is 19.3 Å². The van der Waals surface area contributed by atoms with E-state index in [2.05, 4.69) is 19.2 Å². The van der Waals surface area contributed by atoms with Crippen molar-refractivity contribution in [1.82, 2.24) is 15.1 Å². The van der Waals surface area contributed by atoms with Crippen LogP contribution in [-0.2, 0) is 9.53 Å². The lowest BCUT2D eigenvalue weighted by Gasteiger charge is -2.38. The summed E-state index contributed by atoms with van der Waals surface area (Å²) in [5.41, 5.74) is 0.537. The molecule has 0 bridgehead atoms. The van der Waals surface area contributed by atoms with Crippen molar-refractivity contribution in [2.75, 3.05) is 26.3 Å². The number of piperidine rings is 2. The maximum Gasteiger partial charge on any atom is 0.409 e. The summed E-state index contributed by atoms with van der Waals surface area (Å²) in [4.78, 5) is 40.5. The molecule has 2 aliphatic rings. The highest BCUT2D eigenvalue weighted by molar-refractivity contribution is 5.94. The third-order valence-corrected chi connectivity index (χ3v) is 6.32. The summed E-state index contributed by atoms with van der Waals surface area (Å²) in [6.07, 6.45) is 4.31. The van der Waals surface area contributed by atoms with Gasteiger partial charge in [0.15, 0.2) is 6.61 Å². The van der Waals surface area contributed by atoms with E-state index in [1.807, 2.05) is 4.90 Å². The van der Waals surface area contributed by atoms with Gasteiger partial charge in [0.05, 0.1) is 6.61 Å². The normalized spacial score (nSPS) is 21.7. The second-order valence-electron chi connectivity index (χ2n) is 8.68. The summed E-state index contributed by atoms with van der Waals surface area (Å²) >= 11 is 0. The van der Waals surface area contributed by atoms with Crippen molar-refractivity contribution in [2.45, 2.75) is 71.0 Å². The van der Waals surface area contributed by atoms with E-state index in [-0.39, 0.29) is 42.6 Å². The molecule has 3 rings (SSSR count). The Morgan fingerprint density at radius 2 is 1.62 bits per heavy atom. The van der Waals surface area contributed by atoms with Gasteiger partial charge in [-0.2, -0.15) is 0 Å². The molecule has 176 valence electrons. The number of rotatable bonds is 6. The van der Waals surface area contributed by atoms with Crippen LogP contribution in [0.3, 0.4) is 0 Å². The first-order valence-corrected chi connectivity index (χ1v) is 11.7. The monoisotopic (exact) mass is 445 g/mol. The standard InChI is InChI=1S/C24H35N3O5/c1-4-31-24(30)26-14-12-20(13-15-26)25-23(29)19-8-10-21(11-9-19)32-16-22(28)27-17(2)6-5-7-18(27)3/h8-11,17-18,20H,4-7,12-16H2,1-3H3,(H,25,29). The van der Waals surface area contributed by atoms with Crippen LogP contribution in [0, 0.1) is 0 Å². The Morgan fingerprint density at radius 1 is 1.00 bits per heavy atom. The summed E-state index contributed by atoms with van der Waals surface area (Å²) in [5.74, 6) is 0.411. The number of nitrogens with one attached hydrogen (secondary N) is 1. The molecule has 0 radical (unpaired) electrons. The van der Waals surface area contributed by atoms with Crippen LogP contribution in [-0.4, -0.2) is 72.1 Å². The Labute approximate surface area is 190 Å². The summed E-state index contributed by atoms with van der Waals surface area (Å²) < 4.78 is 10.7. The number of ether oxygens (including phenoxy) is 2. The van der Waals surface area contributed by atoms with Crippen molar-refractivity contribution in [3.63, 3.8) is 0 Å². The second kappa shape index (κ2) is 11.2. The quantitative estimate of drug-likeness (QED) is 0.726. The zero-order valence-electron chi connectivity index (χ0n) is 19.3. The summed E-state index contributed by atoms with van der Waals surface area (Å²) in [6, 6.07) is 7.35. The van der Waals surface area contributed by atoms with Crippen molar-refractivity contribution in [1.29, 1.82) is 0 Å². The van der Waals surface area contributed by atoms with Crippen molar-refractivity contribution < 1.29 is 23.9 Å². The Balaban J connectivity index is 1.44. The van der Waals surface area contributed by atoms with Crippen LogP contribution < -0.4 is 10.1 Å². The molecule has 1 N–H and O–H groups in total. The van der Waals surface area contributed by atoms with Crippen LogP contribution in [0.25, 0.3) is 0 Å². The molecule has 8 heteroatoms. The van der Waals surface area contributed by atoms with Gasteiger partial charge in [-0.25, -0.2) is 4.79 Å². The number of hydrogen-bond donors (Lipinski definition) is 1. The molecule has 0 aromatic heterocycles. The lowest BCUT2D eigenvalue weighted by Crippen LogP contribution is -2.49. The zero-order chi connectivity index (χ0) is 23.1. The molecule has 1 aromatic rings. The highest BCUT2D eigenvalue weighted by Crippen LogP contribution is 2.23. The van der Waals surface area contributed by atoms with Crippen molar-refractivity contribution >= 4 is 17.9 Å². The average Bonchev–Trinajstić information content (AvgIpc) is 2.78. The average molecular weight is 446 g/mol. The zero-order valence-corrected chi connectivity index (χ0v) is 19.3. The van der Waals surface area contributed by atoms with Gasteiger partial charge in [-0.1, -0.05) is 0 Å². The minimum atomic E-state index is -0.296. The molecule has 2 atom stereocenters. The molecule has 0 saturated carbocycles. The number of hydrogen-bond acceptors (Lipinski definition) is 5. The topological polar surface area (TPSA) is 88.2 Å². The third kappa shape index (κ3) is 6.14. The lowest BCUT2D eigenvalue weighted by atomic mass is 9.97. The number of likely N-dealkylation sites (tertiary alicyclic amines) is 2. The Hall–Kier alpha value is -2.77. The fourth-order valence-electron chi connectivity index (χ4n) is 4.52. The molecular weight excluding hydrogens is 410 g/mol. The minimum Gasteiger partial charge on any atom is -0.484 e. The SMILES string of the molecule is CCOC(=O)N1CCC(NC(=O)c2ccc(OCC(=O)N3C(C)CCCC3C)cc2)CC1. The van der Waals surface area contributed by atoms with E-state index in [9.17, 15) is 14.4 Å². The lowest BCUT2D eigenvalue weighted by molar-refractivity contribution is -0.139. The van der Waals surface area contributed by atoms with Crippen LogP contribution in [0.15, 0.2) is 24.3 Å². The van der Waals surface area contributed by atoms with Gasteiger partial charge in [0.1, 0.15) is 5.75 Å². The van der Waals surface area contributed by atoms with E-state index >= 15 is 0 Å². The van der Waals surface area contributed by atoms with Crippen LogP contribution in [0.4, 0.5) is 4.79 Å². The minimum absolute atomic E-state index is 0.000630. The molecule has 2 aliphatic heterocycles. The van der Waals surface area contributed by atoms with Crippen molar-refractivity contribution in [3.8, 4) is 5.75 Å². The second-order valence-corrected chi connectivity index (χ2v) is 8.68. The first kappa shape index (κ1) is 23.9. The summed E-state index contributed by atoms with van der Waals surface area (Å²) in [6.45, 7) is 7.45. The number of nitrogens with zero attached hydrogens (tertiary/aromatic N) is 2. The van der Waals surface area contributed by atoms with Gasteiger partial charge < -0.3 is 24.6 Å². The van der Waals surface area contributed by atoms with Gasteiger partial charge in [-0.3, -0.25) is 9.59 Å². The molecular formula is C24H35N3O5. The molecule has 2 unspecified atom stereocenters. The third-order valence-electron chi connectivity index (χ3n) is 6.32. The van der Waals surface area contributed by atoms with Gasteiger partial charge >= 0.3 is 6.09 Å². The van der Waals surface area contributed by atoms with Gasteiger partial charge in [-0.05, 0) is 77.1 Å². The van der Waals surface area contributed by atoms with E-state index in [4.69, 9.17) is 9.47 Å². The maximum absolute atomic E-state index is 12.6. The molecule has 2 heterocycles. The van der Waals surface area contributed by atoms with Crippen LogP contribution in [0.1, 0.15) is 63.2 Å². The van der Waals surface area contributed by atoms with E-state index in [1.54, 1.807) is 36.1 Å². The van der Waals surface area contributed by atoms with E-state index in [1.165, 1.54) is 0 Å². The molecule has 8 nitrogen and oxygen atoms in total. The Morgan fingerprint density at radius 3 is 2.22 bits per heavy atom. The predicted molar refractivity (Wildman–Crippen MR) is 121 cm³/mol.